The molecule has 4 rings (SSSR count). The second-order valence-corrected chi connectivity index (χ2v) is 8.31. The Balaban J connectivity index is 1.29. The van der Waals surface area contributed by atoms with Crippen LogP contribution in [0, 0.1) is 12.3 Å². The Morgan fingerprint density at radius 3 is 2.61 bits per heavy atom. The minimum absolute atomic E-state index is 0.175. The number of benzene rings is 1. The number of likely N-dealkylation sites (tertiary alicyclic amines) is 2. The van der Waals surface area contributed by atoms with Crippen LogP contribution < -0.4 is 0 Å². The predicted molar refractivity (Wildman–Crippen MR) is 113 cm³/mol. The third kappa shape index (κ3) is 4.50. The molecule has 1 spiro atoms. The lowest BCUT2D eigenvalue weighted by molar-refractivity contribution is -0.127. The summed E-state index contributed by atoms with van der Waals surface area (Å²) in [6.07, 6.45) is 7.14. The van der Waals surface area contributed by atoms with E-state index >= 15 is 0 Å². The number of rotatable bonds is 5. The van der Waals surface area contributed by atoms with E-state index in [0.717, 1.165) is 50.4 Å². The van der Waals surface area contributed by atoms with E-state index in [1.807, 2.05) is 36.1 Å². The molecule has 1 aromatic heterocycles. The van der Waals surface area contributed by atoms with E-state index in [-0.39, 0.29) is 5.41 Å². The van der Waals surface area contributed by atoms with Gasteiger partial charge in [-0.3, -0.25) is 14.7 Å². The summed E-state index contributed by atoms with van der Waals surface area (Å²) >= 11 is 0. The molecule has 2 aromatic rings. The number of nitrogens with zero attached hydrogens (tertiary/aromatic N) is 3. The first-order valence-corrected chi connectivity index (χ1v) is 10.3. The first-order chi connectivity index (χ1) is 13.6. The highest BCUT2D eigenvalue weighted by Gasteiger charge is 2.44. The van der Waals surface area contributed by atoms with Crippen LogP contribution in [0.1, 0.15) is 36.2 Å². The number of pyridine rings is 1. The minimum Gasteiger partial charge on any atom is -0.338 e. The molecule has 1 aromatic carbocycles. The summed E-state index contributed by atoms with van der Waals surface area (Å²) in [7, 11) is 0. The number of carbonyl (C=O) groups is 1. The van der Waals surface area contributed by atoms with Crippen molar-refractivity contribution in [1.82, 2.24) is 14.8 Å². The molecule has 2 saturated heterocycles. The second-order valence-electron chi connectivity index (χ2n) is 8.31. The van der Waals surface area contributed by atoms with Crippen molar-refractivity contribution in [2.75, 3.05) is 26.2 Å². The zero-order valence-electron chi connectivity index (χ0n) is 16.7. The molecule has 0 atom stereocenters. The summed E-state index contributed by atoms with van der Waals surface area (Å²) in [6, 6.07) is 16.5. The quantitative estimate of drug-likeness (QED) is 0.795. The van der Waals surface area contributed by atoms with Crippen molar-refractivity contribution in [2.24, 2.45) is 5.41 Å². The van der Waals surface area contributed by atoms with E-state index in [4.69, 9.17) is 0 Å². The van der Waals surface area contributed by atoms with Gasteiger partial charge in [0.1, 0.15) is 0 Å². The van der Waals surface area contributed by atoms with Crippen molar-refractivity contribution >= 4 is 12.0 Å². The van der Waals surface area contributed by atoms with Crippen LogP contribution in [-0.4, -0.2) is 46.9 Å². The van der Waals surface area contributed by atoms with Gasteiger partial charge in [0.2, 0.25) is 5.91 Å². The van der Waals surface area contributed by atoms with Crippen LogP contribution in [0.3, 0.4) is 0 Å². The van der Waals surface area contributed by atoms with Gasteiger partial charge in [-0.05, 0) is 56.0 Å². The average Bonchev–Trinajstić information content (AvgIpc) is 3.00. The maximum Gasteiger partial charge on any atom is 0.223 e. The summed E-state index contributed by atoms with van der Waals surface area (Å²) in [6.45, 7) is 6.68. The van der Waals surface area contributed by atoms with Gasteiger partial charge in [-0.25, -0.2) is 0 Å². The van der Waals surface area contributed by atoms with Crippen molar-refractivity contribution in [2.45, 2.75) is 32.7 Å². The zero-order valence-corrected chi connectivity index (χ0v) is 16.7. The van der Waals surface area contributed by atoms with Crippen LogP contribution in [0.5, 0.6) is 0 Å². The molecule has 0 N–H and O–H groups in total. The number of carbonyl (C=O) groups excluding carboxylic acids is 1. The molecule has 3 heterocycles. The van der Waals surface area contributed by atoms with Crippen LogP contribution in [0.25, 0.3) is 6.08 Å². The number of aryl methyl sites for hydroxylation is 1. The van der Waals surface area contributed by atoms with Crippen molar-refractivity contribution in [3.8, 4) is 0 Å². The molecule has 4 heteroatoms. The fourth-order valence-corrected chi connectivity index (χ4v) is 4.47. The fourth-order valence-electron chi connectivity index (χ4n) is 4.47. The molecule has 0 unspecified atom stereocenters. The summed E-state index contributed by atoms with van der Waals surface area (Å²) < 4.78 is 0. The third-order valence-electron chi connectivity index (χ3n) is 6.09. The molecule has 2 fully saturated rings. The largest absolute Gasteiger partial charge is 0.338 e. The van der Waals surface area contributed by atoms with E-state index in [1.165, 1.54) is 5.56 Å². The Bertz CT molecular complexity index is 838. The summed E-state index contributed by atoms with van der Waals surface area (Å²) in [5.41, 5.74) is 3.58. The van der Waals surface area contributed by atoms with Crippen LogP contribution in [0.2, 0.25) is 0 Å². The van der Waals surface area contributed by atoms with Crippen molar-refractivity contribution < 1.29 is 4.79 Å². The van der Waals surface area contributed by atoms with Gasteiger partial charge in [-0.15, -0.1) is 0 Å². The van der Waals surface area contributed by atoms with Crippen molar-refractivity contribution in [3.63, 3.8) is 0 Å². The van der Waals surface area contributed by atoms with E-state index < -0.39 is 0 Å². The molecule has 146 valence electrons. The highest BCUT2D eigenvalue weighted by Crippen LogP contribution is 2.41. The molecule has 28 heavy (non-hydrogen) atoms. The molecule has 0 aliphatic carbocycles. The van der Waals surface area contributed by atoms with Gasteiger partial charge in [0.05, 0.1) is 5.69 Å². The molecule has 2 aliphatic rings. The molecule has 0 saturated carbocycles. The highest BCUT2D eigenvalue weighted by atomic mass is 16.2. The maximum atomic E-state index is 12.6. The van der Waals surface area contributed by atoms with Gasteiger partial charge < -0.3 is 4.90 Å². The minimum atomic E-state index is 0.175. The summed E-state index contributed by atoms with van der Waals surface area (Å²) in [5, 5.41) is 0. The number of hydrogen-bond donors (Lipinski definition) is 0. The van der Waals surface area contributed by atoms with Gasteiger partial charge in [0.15, 0.2) is 0 Å². The smallest absolute Gasteiger partial charge is 0.223 e. The van der Waals surface area contributed by atoms with E-state index in [2.05, 4.69) is 46.3 Å². The Hall–Kier alpha value is -2.46. The maximum absolute atomic E-state index is 12.6. The van der Waals surface area contributed by atoms with Gasteiger partial charge >= 0.3 is 0 Å². The Kier molecular flexibility index (Phi) is 5.58. The predicted octanol–water partition coefficient (Wildman–Crippen LogP) is 3.92. The topological polar surface area (TPSA) is 36.4 Å². The van der Waals surface area contributed by atoms with Crippen LogP contribution in [-0.2, 0) is 11.3 Å². The number of amides is 1. The molecule has 1 amide bonds. The van der Waals surface area contributed by atoms with Gasteiger partial charge in [-0.1, -0.05) is 48.6 Å². The van der Waals surface area contributed by atoms with E-state index in [1.54, 1.807) is 0 Å². The third-order valence-corrected chi connectivity index (χ3v) is 6.09. The zero-order chi connectivity index (χ0) is 19.4. The van der Waals surface area contributed by atoms with Gasteiger partial charge in [0, 0.05) is 31.7 Å². The van der Waals surface area contributed by atoms with Crippen molar-refractivity contribution in [1.29, 1.82) is 0 Å². The molecule has 0 bridgehead atoms. The number of aromatic nitrogens is 1. The second kappa shape index (κ2) is 8.27. The number of piperidine rings is 1. The highest BCUT2D eigenvalue weighted by molar-refractivity contribution is 5.79. The first-order valence-electron chi connectivity index (χ1n) is 10.3. The first kappa shape index (κ1) is 18.9. The molecule has 4 nitrogen and oxygen atoms in total. The fraction of sp³-hybridized carbons (Fsp3) is 0.417. The summed E-state index contributed by atoms with van der Waals surface area (Å²) in [4.78, 5) is 21.7. The monoisotopic (exact) mass is 375 g/mol. The lowest BCUT2D eigenvalue weighted by atomic mass is 9.77. The van der Waals surface area contributed by atoms with Crippen LogP contribution >= 0.6 is 0 Å². The molecular formula is C24H29N3O. The Morgan fingerprint density at radius 2 is 1.86 bits per heavy atom. The molecular weight excluding hydrogens is 346 g/mol. The standard InChI is InChI=1S/C24H29N3O/c1-20-7-5-11-22(25-20)18-26-15-12-24(13-16-26)17-23(28)27(19-24)14-6-10-21-8-3-2-4-9-21/h2-11H,12-19H2,1H3. The summed E-state index contributed by atoms with van der Waals surface area (Å²) in [5.74, 6) is 0.312. The Morgan fingerprint density at radius 1 is 1.07 bits per heavy atom. The van der Waals surface area contributed by atoms with Gasteiger partial charge in [0.25, 0.3) is 0 Å². The SMILES string of the molecule is Cc1cccc(CN2CCC3(CC2)CC(=O)N(CC=Cc2ccccc2)C3)n1. The molecule has 0 radical (unpaired) electrons. The van der Waals surface area contributed by atoms with Crippen LogP contribution in [0.15, 0.2) is 54.6 Å². The average molecular weight is 376 g/mol. The van der Waals surface area contributed by atoms with Crippen molar-refractivity contribution in [3.05, 3.63) is 71.6 Å². The lowest BCUT2D eigenvalue weighted by Gasteiger charge is -2.38. The van der Waals surface area contributed by atoms with E-state index in [0.29, 0.717) is 18.9 Å². The Labute approximate surface area is 167 Å². The molecule has 2 aliphatic heterocycles. The normalized spacial score (nSPS) is 19.8. The van der Waals surface area contributed by atoms with Crippen LogP contribution in [0.4, 0.5) is 0 Å². The van der Waals surface area contributed by atoms with E-state index in [9.17, 15) is 4.79 Å². The van der Waals surface area contributed by atoms with Gasteiger partial charge in [-0.2, -0.15) is 0 Å². The number of hydrogen-bond acceptors (Lipinski definition) is 3. The lowest BCUT2D eigenvalue weighted by Crippen LogP contribution is -2.41.